The number of aromatic nitrogens is 2. The van der Waals surface area contributed by atoms with Crippen molar-refractivity contribution >= 4 is 29.4 Å². The zero-order valence-electron chi connectivity index (χ0n) is 16.9. The Bertz CT molecular complexity index is 967. The van der Waals surface area contributed by atoms with Crippen LogP contribution in [-0.2, 0) is 0 Å². The minimum absolute atomic E-state index is 0.00484. The largest absolute Gasteiger partial charge is 0.351 e. The number of amidine groups is 1. The van der Waals surface area contributed by atoms with E-state index in [9.17, 15) is 4.79 Å². The lowest BCUT2D eigenvalue weighted by atomic mass is 10.0. The SMILES string of the molecule is C/C(=C\N=C(/S)N1CCCC1)n1cc(-c2cc(C(=O)NC3CC3)ccc2C)cn1. The molecule has 1 amide bonds. The van der Waals surface area contributed by atoms with Gasteiger partial charge >= 0.3 is 0 Å². The Morgan fingerprint density at radius 2 is 2.07 bits per heavy atom. The summed E-state index contributed by atoms with van der Waals surface area (Å²) in [6.45, 7) is 6.05. The quantitative estimate of drug-likeness (QED) is 0.447. The molecule has 6 nitrogen and oxygen atoms in total. The Morgan fingerprint density at radius 3 is 2.79 bits per heavy atom. The zero-order chi connectivity index (χ0) is 20.4. The molecule has 1 aliphatic heterocycles. The number of carbonyl (C=O) groups is 1. The number of nitrogens with zero attached hydrogens (tertiary/aromatic N) is 4. The van der Waals surface area contributed by atoms with Gasteiger partial charge in [0.05, 0.1) is 18.1 Å². The van der Waals surface area contributed by atoms with E-state index in [0.29, 0.717) is 11.6 Å². The van der Waals surface area contributed by atoms with Crippen LogP contribution in [0.1, 0.15) is 48.5 Å². The fourth-order valence-electron chi connectivity index (χ4n) is 3.43. The Morgan fingerprint density at radius 1 is 1.31 bits per heavy atom. The number of thiol groups is 1. The summed E-state index contributed by atoms with van der Waals surface area (Å²) in [6.07, 6.45) is 10.1. The summed E-state index contributed by atoms with van der Waals surface area (Å²) in [5.41, 5.74) is 4.70. The predicted molar refractivity (Wildman–Crippen MR) is 120 cm³/mol. The molecule has 2 aliphatic rings. The first-order valence-electron chi connectivity index (χ1n) is 10.2. The van der Waals surface area contributed by atoms with E-state index < -0.39 is 0 Å². The summed E-state index contributed by atoms with van der Waals surface area (Å²) in [6, 6.07) is 6.17. The normalized spacial score (nSPS) is 17.7. The van der Waals surface area contributed by atoms with E-state index in [0.717, 1.165) is 53.5 Å². The van der Waals surface area contributed by atoms with Gasteiger partial charge < -0.3 is 10.2 Å². The lowest BCUT2D eigenvalue weighted by Crippen LogP contribution is -2.25. The number of hydrogen-bond donors (Lipinski definition) is 2. The maximum Gasteiger partial charge on any atom is 0.251 e. The summed E-state index contributed by atoms with van der Waals surface area (Å²) < 4.78 is 1.81. The molecule has 0 atom stereocenters. The van der Waals surface area contributed by atoms with Crippen molar-refractivity contribution in [2.75, 3.05) is 13.1 Å². The van der Waals surface area contributed by atoms with E-state index >= 15 is 0 Å². The van der Waals surface area contributed by atoms with Gasteiger partial charge in [-0.25, -0.2) is 9.67 Å². The van der Waals surface area contributed by atoms with Crippen molar-refractivity contribution in [1.82, 2.24) is 20.0 Å². The number of aliphatic imine (C=N–C) groups is 1. The minimum Gasteiger partial charge on any atom is -0.351 e. The van der Waals surface area contributed by atoms with Gasteiger partial charge in [0.1, 0.15) is 0 Å². The van der Waals surface area contributed by atoms with Gasteiger partial charge in [-0.1, -0.05) is 6.07 Å². The number of hydrogen-bond acceptors (Lipinski definition) is 3. The van der Waals surface area contributed by atoms with Crippen molar-refractivity contribution in [3.8, 4) is 11.1 Å². The number of amides is 1. The summed E-state index contributed by atoms with van der Waals surface area (Å²) in [5.74, 6) is -0.00484. The molecule has 1 N–H and O–H groups in total. The van der Waals surface area contributed by atoms with Crippen LogP contribution in [0.5, 0.6) is 0 Å². The molecular formula is C22H27N5OS. The predicted octanol–water partition coefficient (Wildman–Crippen LogP) is 3.95. The van der Waals surface area contributed by atoms with Crippen molar-refractivity contribution in [3.05, 3.63) is 47.9 Å². The molecule has 0 radical (unpaired) electrons. The Hall–Kier alpha value is -2.54. The fourth-order valence-corrected chi connectivity index (χ4v) is 3.69. The first kappa shape index (κ1) is 19.8. The molecular weight excluding hydrogens is 382 g/mol. The molecule has 1 saturated heterocycles. The van der Waals surface area contributed by atoms with Gasteiger partial charge in [0.15, 0.2) is 5.17 Å². The van der Waals surface area contributed by atoms with Gasteiger partial charge in [-0.3, -0.25) is 4.79 Å². The molecule has 29 heavy (non-hydrogen) atoms. The van der Waals surface area contributed by atoms with Crippen LogP contribution in [0.15, 0.2) is 41.8 Å². The molecule has 1 saturated carbocycles. The number of carbonyl (C=O) groups excluding carboxylic acids is 1. The highest BCUT2D eigenvalue weighted by Crippen LogP contribution is 2.26. The van der Waals surface area contributed by atoms with Crippen molar-refractivity contribution in [2.45, 2.75) is 45.6 Å². The van der Waals surface area contributed by atoms with Gasteiger partial charge in [-0.05, 0) is 62.8 Å². The summed E-state index contributed by atoms with van der Waals surface area (Å²) >= 11 is 4.51. The van der Waals surface area contributed by atoms with E-state index in [1.807, 2.05) is 44.4 Å². The molecule has 0 spiro atoms. The Labute approximate surface area is 177 Å². The van der Waals surface area contributed by atoms with Gasteiger partial charge in [0.2, 0.25) is 0 Å². The maximum atomic E-state index is 12.4. The molecule has 1 aliphatic carbocycles. The van der Waals surface area contributed by atoms with Crippen LogP contribution in [-0.4, -0.2) is 44.9 Å². The molecule has 4 rings (SSSR count). The van der Waals surface area contributed by atoms with Crippen LogP contribution in [0.3, 0.4) is 0 Å². The van der Waals surface area contributed by atoms with Crippen LogP contribution in [0.4, 0.5) is 0 Å². The van der Waals surface area contributed by atoms with Gasteiger partial charge in [-0.15, -0.1) is 12.6 Å². The Balaban J connectivity index is 1.52. The zero-order valence-corrected chi connectivity index (χ0v) is 17.8. The molecule has 1 aromatic carbocycles. The van der Waals surface area contributed by atoms with E-state index in [4.69, 9.17) is 0 Å². The first-order valence-corrected chi connectivity index (χ1v) is 10.6. The monoisotopic (exact) mass is 409 g/mol. The maximum absolute atomic E-state index is 12.4. The average Bonchev–Trinajstić information content (AvgIpc) is 3.18. The summed E-state index contributed by atoms with van der Waals surface area (Å²) in [4.78, 5) is 19.1. The van der Waals surface area contributed by atoms with Crippen molar-refractivity contribution in [3.63, 3.8) is 0 Å². The van der Waals surface area contributed by atoms with Crippen LogP contribution in [0, 0.1) is 6.92 Å². The Kier molecular flexibility index (Phi) is 5.76. The van der Waals surface area contributed by atoms with Gasteiger partial charge in [-0.2, -0.15) is 5.10 Å². The molecule has 0 bridgehead atoms. The number of likely N-dealkylation sites (tertiary alicyclic amines) is 1. The second-order valence-corrected chi connectivity index (χ2v) is 8.24. The van der Waals surface area contributed by atoms with Gasteiger partial charge in [0.25, 0.3) is 5.91 Å². The summed E-state index contributed by atoms with van der Waals surface area (Å²) in [5, 5.41) is 8.28. The molecule has 1 aromatic heterocycles. The number of nitrogens with one attached hydrogen (secondary N) is 1. The highest BCUT2D eigenvalue weighted by Gasteiger charge is 2.24. The van der Waals surface area contributed by atoms with Gasteiger partial charge in [0, 0.05) is 36.5 Å². The third kappa shape index (κ3) is 4.72. The topological polar surface area (TPSA) is 62.5 Å². The molecule has 2 fully saturated rings. The summed E-state index contributed by atoms with van der Waals surface area (Å²) in [7, 11) is 0. The van der Waals surface area contributed by atoms with Crippen molar-refractivity contribution in [1.29, 1.82) is 0 Å². The van der Waals surface area contributed by atoms with Crippen LogP contribution >= 0.6 is 12.6 Å². The number of allylic oxidation sites excluding steroid dienone is 1. The van der Waals surface area contributed by atoms with Crippen molar-refractivity contribution in [2.24, 2.45) is 4.99 Å². The smallest absolute Gasteiger partial charge is 0.251 e. The van der Waals surface area contributed by atoms with Crippen LogP contribution in [0.25, 0.3) is 16.8 Å². The van der Waals surface area contributed by atoms with E-state index in [1.54, 1.807) is 10.9 Å². The van der Waals surface area contributed by atoms with E-state index in [2.05, 4.69) is 32.9 Å². The highest BCUT2D eigenvalue weighted by atomic mass is 32.1. The third-order valence-corrected chi connectivity index (χ3v) is 5.82. The molecule has 7 heteroatoms. The highest BCUT2D eigenvalue weighted by molar-refractivity contribution is 7.96. The number of benzene rings is 1. The standard InChI is InChI=1S/C22H27N5OS/c1-15-5-6-17(21(28)25-19-7-8-19)11-20(15)18-13-24-27(14-18)16(2)12-23-22(29)26-9-3-4-10-26/h5-6,11-14,19H,3-4,7-10H2,1-2H3,(H,23,29)(H,25,28)/b16-12+. The molecule has 0 unspecified atom stereocenters. The van der Waals surface area contributed by atoms with E-state index in [-0.39, 0.29) is 5.91 Å². The average molecular weight is 410 g/mol. The fraction of sp³-hybridized carbons (Fsp3) is 0.409. The second kappa shape index (κ2) is 8.45. The first-order chi connectivity index (χ1) is 14.0. The molecule has 2 aromatic rings. The van der Waals surface area contributed by atoms with Crippen molar-refractivity contribution < 1.29 is 4.79 Å². The van der Waals surface area contributed by atoms with Crippen LogP contribution in [0.2, 0.25) is 0 Å². The lowest BCUT2D eigenvalue weighted by Gasteiger charge is -2.14. The second-order valence-electron chi connectivity index (χ2n) is 7.84. The lowest BCUT2D eigenvalue weighted by molar-refractivity contribution is 0.0951. The molecule has 2 heterocycles. The number of rotatable bonds is 5. The third-order valence-electron chi connectivity index (χ3n) is 5.42. The van der Waals surface area contributed by atoms with E-state index in [1.165, 1.54) is 12.8 Å². The minimum atomic E-state index is -0.00484. The number of aryl methyl sites for hydroxylation is 1. The van der Waals surface area contributed by atoms with Crippen LogP contribution < -0.4 is 5.32 Å². The molecule has 152 valence electrons.